The van der Waals surface area contributed by atoms with Crippen LogP contribution >= 0.6 is 0 Å². The summed E-state index contributed by atoms with van der Waals surface area (Å²) in [5.74, 6) is 0. The number of nitrogens with one attached hydrogen (secondary N) is 3. The lowest BCUT2D eigenvalue weighted by Crippen LogP contribution is -2.20. The maximum absolute atomic E-state index is 12.1. The minimum atomic E-state index is -0.288. The Hall–Kier alpha value is -2.82. The van der Waals surface area contributed by atoms with E-state index in [4.69, 9.17) is 0 Å². The van der Waals surface area contributed by atoms with E-state index in [0.29, 0.717) is 16.5 Å². The van der Waals surface area contributed by atoms with Crippen molar-refractivity contribution >= 4 is 16.5 Å². The highest BCUT2D eigenvalue weighted by Crippen LogP contribution is 2.34. The summed E-state index contributed by atoms with van der Waals surface area (Å²) in [4.78, 5) is 24.0. The number of rotatable bonds is 2. The fourth-order valence-corrected chi connectivity index (χ4v) is 3.24. The Labute approximate surface area is 126 Å². The predicted molar refractivity (Wildman–Crippen MR) is 86.3 cm³/mol. The molecule has 0 amide bonds. The third kappa shape index (κ3) is 1.94. The van der Waals surface area contributed by atoms with Crippen LogP contribution in [0.1, 0.15) is 23.6 Å². The fraction of sp³-hybridized carbons (Fsp3) is 0.176. The van der Waals surface area contributed by atoms with E-state index < -0.39 is 0 Å². The third-order valence-electron chi connectivity index (χ3n) is 4.29. The summed E-state index contributed by atoms with van der Waals surface area (Å²) in [6, 6.07) is 13.8. The second kappa shape index (κ2) is 4.87. The van der Waals surface area contributed by atoms with Crippen LogP contribution < -0.4 is 16.4 Å². The van der Waals surface area contributed by atoms with Gasteiger partial charge in [0.15, 0.2) is 0 Å². The van der Waals surface area contributed by atoms with Gasteiger partial charge in [-0.3, -0.25) is 19.8 Å². The van der Waals surface area contributed by atoms with Gasteiger partial charge in [-0.15, -0.1) is 0 Å². The van der Waals surface area contributed by atoms with Gasteiger partial charge in [0.2, 0.25) is 0 Å². The smallest absolute Gasteiger partial charge is 0.272 e. The van der Waals surface area contributed by atoms with Gasteiger partial charge in [-0.2, -0.15) is 0 Å². The van der Waals surface area contributed by atoms with Gasteiger partial charge < -0.3 is 5.32 Å². The Kier molecular flexibility index (Phi) is 2.85. The van der Waals surface area contributed by atoms with E-state index in [-0.39, 0.29) is 17.2 Å². The molecule has 5 nitrogen and oxygen atoms in total. The molecule has 22 heavy (non-hydrogen) atoms. The van der Waals surface area contributed by atoms with Crippen molar-refractivity contribution in [2.24, 2.45) is 0 Å². The summed E-state index contributed by atoms with van der Waals surface area (Å²) in [5, 5.41) is 9.00. The molecule has 1 aliphatic carbocycles. The number of aromatic amines is 2. The molecule has 1 heterocycles. The number of anilines is 1. The standard InChI is InChI=1S/C17H15N3O2/c21-16-12-6-3-7-14(15(12)17(22)20-19-16)18-13-9-8-10-4-1-2-5-11(10)13/h1-7,13,18H,8-9H2,(H,19,21)(H,20,22). The number of aryl methyl sites for hydroxylation is 1. The number of hydrogen-bond acceptors (Lipinski definition) is 3. The van der Waals surface area contributed by atoms with E-state index in [9.17, 15) is 9.59 Å². The molecule has 0 aliphatic heterocycles. The fourth-order valence-electron chi connectivity index (χ4n) is 3.24. The number of aromatic nitrogens is 2. The first-order valence-corrected chi connectivity index (χ1v) is 7.32. The largest absolute Gasteiger partial charge is 0.378 e. The molecule has 5 heteroatoms. The molecule has 4 rings (SSSR count). The highest BCUT2D eigenvalue weighted by atomic mass is 16.1. The zero-order valence-electron chi connectivity index (χ0n) is 11.8. The van der Waals surface area contributed by atoms with E-state index in [1.165, 1.54) is 11.1 Å². The molecule has 0 fully saturated rings. The second-order valence-corrected chi connectivity index (χ2v) is 5.57. The highest BCUT2D eigenvalue weighted by Gasteiger charge is 2.22. The summed E-state index contributed by atoms with van der Waals surface area (Å²) in [7, 11) is 0. The molecular weight excluding hydrogens is 278 g/mol. The van der Waals surface area contributed by atoms with Crippen molar-refractivity contribution in [3.8, 4) is 0 Å². The maximum atomic E-state index is 12.1. The minimum absolute atomic E-state index is 0.167. The summed E-state index contributed by atoms with van der Waals surface area (Å²) in [5.41, 5.74) is 2.73. The Morgan fingerprint density at radius 3 is 2.68 bits per heavy atom. The van der Waals surface area contributed by atoms with Gasteiger partial charge in [-0.25, -0.2) is 0 Å². The predicted octanol–water partition coefficient (Wildman–Crippen LogP) is 2.32. The molecule has 1 unspecified atom stereocenters. The van der Waals surface area contributed by atoms with Crippen molar-refractivity contribution < 1.29 is 0 Å². The van der Waals surface area contributed by atoms with Gasteiger partial charge in [-0.05, 0) is 36.1 Å². The second-order valence-electron chi connectivity index (χ2n) is 5.57. The first kappa shape index (κ1) is 12.9. The van der Waals surface area contributed by atoms with E-state index in [2.05, 4.69) is 27.6 Å². The zero-order chi connectivity index (χ0) is 15.1. The molecule has 0 saturated carbocycles. The van der Waals surface area contributed by atoms with Crippen LogP contribution in [0.25, 0.3) is 10.8 Å². The quantitative estimate of drug-likeness (QED) is 0.678. The summed E-state index contributed by atoms with van der Waals surface area (Å²) in [6.45, 7) is 0. The van der Waals surface area contributed by atoms with Gasteiger partial charge in [-0.1, -0.05) is 30.3 Å². The normalized spacial score (nSPS) is 16.6. The van der Waals surface area contributed by atoms with Crippen molar-refractivity contribution in [1.82, 2.24) is 10.2 Å². The van der Waals surface area contributed by atoms with E-state index in [1.54, 1.807) is 12.1 Å². The average Bonchev–Trinajstić information content (AvgIpc) is 2.94. The molecule has 1 aliphatic rings. The van der Waals surface area contributed by atoms with Crippen LogP contribution in [0.15, 0.2) is 52.1 Å². The lowest BCUT2D eigenvalue weighted by molar-refractivity contribution is 0.763. The lowest BCUT2D eigenvalue weighted by atomic mass is 10.1. The van der Waals surface area contributed by atoms with Crippen LogP contribution in [-0.2, 0) is 6.42 Å². The molecule has 0 spiro atoms. The molecule has 3 aromatic rings. The van der Waals surface area contributed by atoms with Crippen LogP contribution in [0.3, 0.4) is 0 Å². The van der Waals surface area contributed by atoms with Crippen molar-refractivity contribution in [3.05, 3.63) is 74.3 Å². The summed E-state index contributed by atoms with van der Waals surface area (Å²) >= 11 is 0. The van der Waals surface area contributed by atoms with Crippen LogP contribution in [0, 0.1) is 0 Å². The number of H-pyrrole nitrogens is 2. The SMILES string of the molecule is O=c1[nH][nH]c(=O)c2c(NC3CCc4ccccc43)cccc12. The summed E-state index contributed by atoms with van der Waals surface area (Å²) in [6.07, 6.45) is 2.01. The minimum Gasteiger partial charge on any atom is -0.378 e. The molecule has 110 valence electrons. The van der Waals surface area contributed by atoms with Crippen molar-refractivity contribution in [2.75, 3.05) is 5.32 Å². The Bertz CT molecular complexity index is 971. The van der Waals surface area contributed by atoms with Crippen LogP contribution in [0.5, 0.6) is 0 Å². The Balaban J connectivity index is 1.82. The molecule has 0 bridgehead atoms. The number of benzene rings is 2. The topological polar surface area (TPSA) is 77.8 Å². The van der Waals surface area contributed by atoms with E-state index in [1.807, 2.05) is 18.2 Å². The first-order chi connectivity index (χ1) is 10.7. The number of fused-ring (bicyclic) bond motifs is 2. The molecule has 0 radical (unpaired) electrons. The van der Waals surface area contributed by atoms with Crippen LogP contribution in [-0.4, -0.2) is 10.2 Å². The molecule has 2 aromatic carbocycles. The molecule has 1 aromatic heterocycles. The summed E-state index contributed by atoms with van der Waals surface area (Å²) < 4.78 is 0. The maximum Gasteiger partial charge on any atom is 0.272 e. The van der Waals surface area contributed by atoms with E-state index >= 15 is 0 Å². The first-order valence-electron chi connectivity index (χ1n) is 7.32. The van der Waals surface area contributed by atoms with Crippen LogP contribution in [0.4, 0.5) is 5.69 Å². The van der Waals surface area contributed by atoms with E-state index in [0.717, 1.165) is 12.8 Å². The zero-order valence-corrected chi connectivity index (χ0v) is 11.8. The Morgan fingerprint density at radius 1 is 0.955 bits per heavy atom. The highest BCUT2D eigenvalue weighted by molar-refractivity contribution is 5.92. The monoisotopic (exact) mass is 293 g/mol. The van der Waals surface area contributed by atoms with Crippen molar-refractivity contribution in [2.45, 2.75) is 18.9 Å². The molecule has 0 saturated heterocycles. The lowest BCUT2D eigenvalue weighted by Gasteiger charge is -2.16. The molecular formula is C17H15N3O2. The molecule has 1 atom stereocenters. The molecule has 3 N–H and O–H groups in total. The van der Waals surface area contributed by atoms with Crippen LogP contribution in [0.2, 0.25) is 0 Å². The van der Waals surface area contributed by atoms with Gasteiger partial charge in [0.25, 0.3) is 11.1 Å². The van der Waals surface area contributed by atoms with Gasteiger partial charge in [0.05, 0.1) is 16.8 Å². The van der Waals surface area contributed by atoms with Gasteiger partial charge in [0, 0.05) is 5.69 Å². The third-order valence-corrected chi connectivity index (χ3v) is 4.29. The van der Waals surface area contributed by atoms with Crippen molar-refractivity contribution in [3.63, 3.8) is 0 Å². The van der Waals surface area contributed by atoms with Crippen molar-refractivity contribution in [1.29, 1.82) is 0 Å². The Morgan fingerprint density at radius 2 is 1.77 bits per heavy atom. The van der Waals surface area contributed by atoms with Gasteiger partial charge >= 0.3 is 0 Å². The average molecular weight is 293 g/mol. The van der Waals surface area contributed by atoms with Gasteiger partial charge in [0.1, 0.15) is 0 Å². The number of hydrogen-bond donors (Lipinski definition) is 3.